The number of nitrogens with two attached hydrogens (primary N) is 1. The van der Waals surface area contributed by atoms with Gasteiger partial charge in [-0.05, 0) is 162 Å². The molecule has 4 saturated carbocycles. The van der Waals surface area contributed by atoms with Crippen molar-refractivity contribution in [2.75, 3.05) is 26.2 Å². The van der Waals surface area contributed by atoms with Crippen LogP contribution in [0.3, 0.4) is 0 Å². The Morgan fingerprint density at radius 1 is 0.953 bits per heavy atom. The van der Waals surface area contributed by atoms with Crippen LogP contribution in [0.1, 0.15) is 119 Å². The minimum atomic E-state index is -4.47. The molecule has 4 rings (SSSR count). The number of nitrogens with one attached hydrogen (secondary N) is 2. The van der Waals surface area contributed by atoms with Gasteiger partial charge in [0.15, 0.2) is 0 Å². The normalized spacial score (nSPS) is 41.3. The molecule has 252 valence electrons. The van der Waals surface area contributed by atoms with Crippen LogP contribution in [-0.2, 0) is 14.6 Å². The first kappa shape index (κ1) is 34.1. The van der Waals surface area contributed by atoms with Gasteiger partial charge in [0.2, 0.25) is 0 Å². The molecule has 9 heteroatoms. The van der Waals surface area contributed by atoms with E-state index in [9.17, 15) is 19.4 Å². The number of hydrogen-bond donors (Lipinski definition) is 5. The fourth-order valence-corrected chi connectivity index (χ4v) is 11.1. The Morgan fingerprint density at radius 2 is 1.65 bits per heavy atom. The second-order valence-corrected chi connectivity index (χ2v) is 16.8. The summed E-state index contributed by atoms with van der Waals surface area (Å²) in [7, 11) is -4.47. The first-order chi connectivity index (χ1) is 20.6. The smallest absolute Gasteiger partial charge is 0.393 e. The van der Waals surface area contributed by atoms with E-state index >= 15 is 0 Å². The third-order valence-corrected chi connectivity index (χ3v) is 13.4. The molecule has 4 aliphatic rings. The predicted octanol–water partition coefficient (Wildman–Crippen LogP) is 5.55. The van der Waals surface area contributed by atoms with Crippen molar-refractivity contribution in [1.82, 2.24) is 10.6 Å². The van der Waals surface area contributed by atoms with Crippen LogP contribution in [0.5, 0.6) is 0 Å². The minimum absolute atomic E-state index is 0.000666. The lowest BCUT2D eigenvalue weighted by Gasteiger charge is -2.62. The minimum Gasteiger partial charge on any atom is -0.393 e. The molecule has 0 amide bonds. The average molecular weight is 629 g/mol. The number of unbranched alkanes of at least 4 members (excludes halogenated alkanes) is 1. The van der Waals surface area contributed by atoms with Crippen molar-refractivity contribution >= 4 is 10.4 Å². The van der Waals surface area contributed by atoms with Crippen molar-refractivity contribution in [1.29, 1.82) is 0 Å². The molecule has 8 nitrogen and oxygen atoms in total. The van der Waals surface area contributed by atoms with Gasteiger partial charge in [-0.2, -0.15) is 8.42 Å². The van der Waals surface area contributed by atoms with E-state index in [1.165, 1.54) is 6.42 Å². The zero-order chi connectivity index (χ0) is 32.3. The summed E-state index contributed by atoms with van der Waals surface area (Å²) in [5.74, 6) is 2.69. The Balaban J connectivity index is 1.34. The van der Waals surface area contributed by atoms with E-state index in [4.69, 9.17) is 9.92 Å². The summed E-state index contributed by atoms with van der Waals surface area (Å²) in [5.41, 5.74) is 5.94. The number of rotatable bonds is 16. The maximum atomic E-state index is 11.8. The van der Waals surface area contributed by atoms with Crippen LogP contribution in [0, 0.1) is 52.3 Å². The molecule has 3 unspecified atom stereocenters. The van der Waals surface area contributed by atoms with Gasteiger partial charge in [0.1, 0.15) is 0 Å². The van der Waals surface area contributed by atoms with Gasteiger partial charge >= 0.3 is 10.4 Å². The highest BCUT2D eigenvalue weighted by Gasteiger charge is 2.62. The molecular formula is C34H65N3O5S. The molecule has 0 radical (unpaired) electrons. The van der Waals surface area contributed by atoms with Crippen LogP contribution < -0.4 is 16.4 Å². The van der Waals surface area contributed by atoms with Crippen molar-refractivity contribution in [2.24, 2.45) is 58.0 Å². The van der Waals surface area contributed by atoms with E-state index < -0.39 is 22.5 Å². The topological polar surface area (TPSA) is 134 Å². The van der Waals surface area contributed by atoms with E-state index in [1.807, 2.05) is 13.8 Å². The van der Waals surface area contributed by atoms with Crippen LogP contribution in [0.25, 0.3) is 0 Å². The van der Waals surface area contributed by atoms with Crippen LogP contribution in [0.4, 0.5) is 0 Å². The van der Waals surface area contributed by atoms with Crippen molar-refractivity contribution in [3.8, 4) is 0 Å². The molecule has 0 aromatic carbocycles. The van der Waals surface area contributed by atoms with Gasteiger partial charge in [0, 0.05) is 7.39 Å². The summed E-state index contributed by atoms with van der Waals surface area (Å²) < 4.78 is 46.4. The van der Waals surface area contributed by atoms with Gasteiger partial charge in [-0.15, -0.1) is 0 Å². The second kappa shape index (κ2) is 15.1. The Morgan fingerprint density at radius 3 is 2.35 bits per heavy atom. The van der Waals surface area contributed by atoms with Crippen LogP contribution in [0.15, 0.2) is 0 Å². The molecule has 0 aromatic heterocycles. The van der Waals surface area contributed by atoms with Gasteiger partial charge < -0.3 is 21.5 Å². The van der Waals surface area contributed by atoms with Gasteiger partial charge in [-0.1, -0.05) is 34.6 Å². The zero-order valence-electron chi connectivity index (χ0n) is 28.8. The number of hydrogen-bond acceptors (Lipinski definition) is 7. The van der Waals surface area contributed by atoms with Gasteiger partial charge in [-0.25, -0.2) is 4.18 Å². The SMILES string of the molecule is [2H][C@]1(NCCCNCCCCN)CC[C@]2(C)C3CC[C@@]4(C)C(CC[C@@H]4[C@H](C)CC[C@@H](OS(=O)(=O)O)C(C)C)C3[C@H](O)C[C@H]2C1. The number of fused-ring (bicyclic) bond motifs is 5. The van der Waals surface area contributed by atoms with Gasteiger partial charge in [0.25, 0.3) is 0 Å². The summed E-state index contributed by atoms with van der Waals surface area (Å²) in [6, 6.07) is -0.597. The molecule has 6 N–H and O–H groups in total. The lowest BCUT2D eigenvalue weighted by molar-refractivity contribution is -0.167. The maximum absolute atomic E-state index is 11.8. The lowest BCUT2D eigenvalue weighted by Crippen LogP contribution is -2.59. The highest BCUT2D eigenvalue weighted by molar-refractivity contribution is 7.80. The monoisotopic (exact) mass is 628 g/mol. The van der Waals surface area contributed by atoms with Crippen molar-refractivity contribution in [3.63, 3.8) is 0 Å². The highest BCUT2D eigenvalue weighted by Crippen LogP contribution is 2.68. The summed E-state index contributed by atoms with van der Waals surface area (Å²) in [6.07, 6.45) is 12.1. The molecule has 11 atom stereocenters. The van der Waals surface area contributed by atoms with Gasteiger partial charge in [-0.3, -0.25) is 4.55 Å². The van der Waals surface area contributed by atoms with Crippen LogP contribution >= 0.6 is 0 Å². The van der Waals surface area contributed by atoms with Crippen molar-refractivity contribution < 1.29 is 23.6 Å². The quantitative estimate of drug-likeness (QED) is 0.111. The molecule has 4 aliphatic carbocycles. The molecule has 4 fully saturated rings. The third kappa shape index (κ3) is 8.36. The first-order valence-corrected chi connectivity index (χ1v) is 19.0. The largest absolute Gasteiger partial charge is 0.397 e. The Kier molecular flexibility index (Phi) is 11.9. The summed E-state index contributed by atoms with van der Waals surface area (Å²) in [6.45, 7) is 14.7. The van der Waals surface area contributed by atoms with E-state index in [-0.39, 0.29) is 22.9 Å². The Labute approximate surface area is 264 Å². The lowest BCUT2D eigenvalue weighted by atomic mass is 9.43. The maximum Gasteiger partial charge on any atom is 0.397 e. The van der Waals surface area contributed by atoms with E-state index in [0.717, 1.165) is 96.8 Å². The molecule has 0 aromatic rings. The molecule has 43 heavy (non-hydrogen) atoms. The average Bonchev–Trinajstić information content (AvgIpc) is 3.30. The fraction of sp³-hybridized carbons (Fsp3) is 1.00. The standard InChI is InChI=1S/C34H65N3O5S/c1-23(2)31(42-43(39,40)41)12-9-24(3)27-10-11-28-32-29(14-16-34(27,28)5)33(4)15-13-26(21-25(33)22-30(32)38)37-20-8-19-36-18-7-6-17-35/h23-32,36-38H,6-22,35H2,1-5H3,(H,39,40,41)/t24-,25-,26+,27-,28?,29?,30-,31-,32?,33+,34-/m1/s1/i26D. The third-order valence-electron chi connectivity index (χ3n) is 12.9. The van der Waals surface area contributed by atoms with E-state index in [1.54, 1.807) is 0 Å². The van der Waals surface area contributed by atoms with Crippen molar-refractivity contribution in [3.05, 3.63) is 0 Å². The summed E-state index contributed by atoms with van der Waals surface area (Å²) in [5, 5.41) is 18.9. The summed E-state index contributed by atoms with van der Waals surface area (Å²) in [4.78, 5) is 0. The van der Waals surface area contributed by atoms with E-state index in [0.29, 0.717) is 41.9 Å². The van der Waals surface area contributed by atoms with Gasteiger partial charge in [0.05, 0.1) is 12.2 Å². The zero-order valence-corrected chi connectivity index (χ0v) is 28.6. The number of aliphatic hydroxyl groups excluding tert-OH is 1. The highest BCUT2D eigenvalue weighted by atomic mass is 32.3. The molecule has 0 spiro atoms. The molecule has 0 heterocycles. The second-order valence-electron chi connectivity index (χ2n) is 15.7. The molecule has 0 saturated heterocycles. The molecule has 0 bridgehead atoms. The van der Waals surface area contributed by atoms with Crippen LogP contribution in [-0.4, -0.2) is 62.5 Å². The number of aliphatic hydroxyl groups is 1. The van der Waals surface area contributed by atoms with Crippen LogP contribution in [0.2, 0.25) is 0 Å². The predicted molar refractivity (Wildman–Crippen MR) is 174 cm³/mol. The molecule has 0 aliphatic heterocycles. The first-order valence-electron chi connectivity index (χ1n) is 18.1. The van der Waals surface area contributed by atoms with Crippen molar-refractivity contribution in [2.45, 2.75) is 136 Å². The summed E-state index contributed by atoms with van der Waals surface area (Å²) >= 11 is 0. The Hall–Kier alpha value is -0.290. The fourth-order valence-electron chi connectivity index (χ4n) is 10.5. The van der Waals surface area contributed by atoms with E-state index in [2.05, 4.69) is 31.4 Å². The molecular weight excluding hydrogens is 562 g/mol. The Bertz CT molecular complexity index is 1030.